The van der Waals surface area contributed by atoms with Gasteiger partial charge in [-0.3, -0.25) is 14.4 Å². The molecule has 0 radical (unpaired) electrons. The van der Waals surface area contributed by atoms with Gasteiger partial charge in [0.1, 0.15) is 5.76 Å². The maximum atomic E-state index is 13.4. The van der Waals surface area contributed by atoms with Crippen molar-refractivity contribution >= 4 is 22.8 Å². The number of para-hydroxylation sites is 1. The molecule has 2 amide bonds. The quantitative estimate of drug-likeness (QED) is 0.689. The first kappa shape index (κ1) is 19.5. The van der Waals surface area contributed by atoms with Crippen molar-refractivity contribution in [3.05, 3.63) is 69.9 Å². The van der Waals surface area contributed by atoms with Crippen molar-refractivity contribution in [2.24, 2.45) is 5.73 Å². The van der Waals surface area contributed by atoms with Crippen LogP contribution in [0.5, 0.6) is 0 Å². The second kappa shape index (κ2) is 7.35. The Kier molecular flexibility index (Phi) is 4.63. The van der Waals surface area contributed by atoms with Crippen LogP contribution in [0.3, 0.4) is 0 Å². The number of hydrogen-bond acceptors (Lipinski definition) is 5. The van der Waals surface area contributed by atoms with E-state index in [2.05, 4.69) is 0 Å². The van der Waals surface area contributed by atoms with Crippen molar-refractivity contribution in [1.29, 1.82) is 0 Å². The van der Waals surface area contributed by atoms with E-state index in [0.717, 1.165) is 5.56 Å². The fourth-order valence-corrected chi connectivity index (χ4v) is 4.65. The van der Waals surface area contributed by atoms with E-state index in [-0.39, 0.29) is 23.3 Å². The largest absolute Gasteiger partial charge is 0.455 e. The molecule has 2 atom stereocenters. The third-order valence-electron chi connectivity index (χ3n) is 6.31. The number of fused-ring (bicyclic) bond motifs is 2. The molecule has 0 spiro atoms. The van der Waals surface area contributed by atoms with Crippen LogP contribution in [-0.2, 0) is 4.79 Å². The van der Waals surface area contributed by atoms with Gasteiger partial charge < -0.3 is 20.0 Å². The second-order valence-corrected chi connectivity index (χ2v) is 8.21. The molecule has 2 aromatic carbocycles. The fourth-order valence-electron chi connectivity index (χ4n) is 4.65. The van der Waals surface area contributed by atoms with Gasteiger partial charge in [-0.15, -0.1) is 0 Å². The minimum Gasteiger partial charge on any atom is -0.455 e. The summed E-state index contributed by atoms with van der Waals surface area (Å²) in [5.74, 6) is 0.218. The monoisotopic (exact) mass is 417 g/mol. The van der Waals surface area contributed by atoms with Crippen molar-refractivity contribution in [3.63, 3.8) is 0 Å². The van der Waals surface area contributed by atoms with E-state index in [4.69, 9.17) is 10.2 Å². The van der Waals surface area contributed by atoms with Crippen molar-refractivity contribution in [2.45, 2.75) is 25.4 Å². The highest BCUT2D eigenvalue weighted by Crippen LogP contribution is 2.29. The molecule has 3 heterocycles. The molecule has 7 nitrogen and oxygen atoms in total. The van der Waals surface area contributed by atoms with Gasteiger partial charge in [0.15, 0.2) is 11.0 Å². The molecule has 3 aromatic rings. The van der Waals surface area contributed by atoms with E-state index in [1.807, 2.05) is 30.3 Å². The van der Waals surface area contributed by atoms with E-state index in [1.165, 1.54) is 0 Å². The van der Waals surface area contributed by atoms with Gasteiger partial charge in [0.2, 0.25) is 5.91 Å². The first-order chi connectivity index (χ1) is 15.0. The van der Waals surface area contributed by atoms with Gasteiger partial charge in [0, 0.05) is 30.8 Å². The Labute approximate surface area is 179 Å². The van der Waals surface area contributed by atoms with Crippen LogP contribution in [0.25, 0.3) is 22.3 Å². The van der Waals surface area contributed by atoms with Crippen LogP contribution in [0.15, 0.2) is 57.7 Å². The number of hydrogen-bond donors (Lipinski definition) is 1. The highest BCUT2D eigenvalue weighted by atomic mass is 16.3. The van der Waals surface area contributed by atoms with E-state index >= 15 is 0 Å². The number of rotatable bonds is 2. The molecule has 0 saturated carbocycles. The lowest BCUT2D eigenvalue weighted by atomic mass is 10.0. The zero-order valence-electron chi connectivity index (χ0n) is 17.2. The van der Waals surface area contributed by atoms with Gasteiger partial charge in [-0.25, -0.2) is 0 Å². The summed E-state index contributed by atoms with van der Waals surface area (Å²) in [6.07, 6.45) is 0.546. The van der Waals surface area contributed by atoms with Gasteiger partial charge in [-0.05, 0) is 25.5 Å². The number of amides is 2. The molecular formula is C24H23N3O4. The molecule has 2 fully saturated rings. The van der Waals surface area contributed by atoms with Crippen LogP contribution >= 0.6 is 0 Å². The molecule has 2 aliphatic rings. The Morgan fingerprint density at radius 3 is 2.61 bits per heavy atom. The van der Waals surface area contributed by atoms with Gasteiger partial charge >= 0.3 is 0 Å². The lowest BCUT2D eigenvalue weighted by Crippen LogP contribution is -2.53. The molecule has 0 bridgehead atoms. The van der Waals surface area contributed by atoms with Gasteiger partial charge in [-0.1, -0.05) is 36.4 Å². The SMILES string of the molecule is Cc1c(-c2ccccc2)oc2c(C(=O)N3CCN4C(=O)C(N)CC4C3)cccc2c1=O. The van der Waals surface area contributed by atoms with Crippen molar-refractivity contribution < 1.29 is 14.0 Å². The molecule has 2 unspecified atom stereocenters. The molecule has 5 rings (SSSR count). The average molecular weight is 417 g/mol. The van der Waals surface area contributed by atoms with E-state index < -0.39 is 6.04 Å². The molecule has 1 aromatic heterocycles. The number of nitrogens with zero attached hydrogens (tertiary/aromatic N) is 2. The molecule has 158 valence electrons. The number of benzene rings is 2. The summed E-state index contributed by atoms with van der Waals surface area (Å²) in [6.45, 7) is 3.05. The summed E-state index contributed by atoms with van der Waals surface area (Å²) in [5.41, 5.74) is 7.70. The minimum absolute atomic E-state index is 0.0452. The van der Waals surface area contributed by atoms with Crippen LogP contribution in [0, 0.1) is 6.92 Å². The Balaban J connectivity index is 1.56. The van der Waals surface area contributed by atoms with Crippen LogP contribution in [0.4, 0.5) is 0 Å². The van der Waals surface area contributed by atoms with Crippen molar-refractivity contribution in [1.82, 2.24) is 9.80 Å². The average Bonchev–Trinajstić information content (AvgIpc) is 3.08. The predicted octanol–water partition coefficient (Wildman–Crippen LogP) is 2.15. The van der Waals surface area contributed by atoms with Crippen LogP contribution in [0.2, 0.25) is 0 Å². The summed E-state index contributed by atoms with van der Waals surface area (Å²) >= 11 is 0. The summed E-state index contributed by atoms with van der Waals surface area (Å²) in [4.78, 5) is 42.1. The Bertz CT molecular complexity index is 1250. The van der Waals surface area contributed by atoms with Gasteiger partial charge in [0.25, 0.3) is 5.91 Å². The van der Waals surface area contributed by atoms with E-state index in [0.29, 0.717) is 53.9 Å². The zero-order chi connectivity index (χ0) is 21.7. The second-order valence-electron chi connectivity index (χ2n) is 8.21. The molecule has 2 saturated heterocycles. The highest BCUT2D eigenvalue weighted by Gasteiger charge is 2.41. The topological polar surface area (TPSA) is 96.8 Å². The molecule has 2 N–H and O–H groups in total. The molecule has 31 heavy (non-hydrogen) atoms. The summed E-state index contributed by atoms with van der Waals surface area (Å²) in [5, 5.41) is 0.389. The standard InChI is InChI=1S/C24H23N3O4/c1-14-20(28)17-8-5-9-18(22(17)31-21(14)15-6-3-2-4-7-15)23(29)26-10-11-27-16(13-26)12-19(25)24(27)30/h2-9,16,19H,10-13,25H2,1H3. The van der Waals surface area contributed by atoms with Crippen LogP contribution in [0.1, 0.15) is 22.3 Å². The van der Waals surface area contributed by atoms with Crippen LogP contribution < -0.4 is 11.2 Å². The minimum atomic E-state index is -0.493. The Hall–Kier alpha value is -3.45. The number of piperazine rings is 1. The van der Waals surface area contributed by atoms with Crippen LogP contribution in [-0.4, -0.2) is 53.3 Å². The summed E-state index contributed by atoms with van der Waals surface area (Å²) in [7, 11) is 0. The highest BCUT2D eigenvalue weighted by molar-refractivity contribution is 6.05. The number of carbonyl (C=O) groups is 2. The molecule has 2 aliphatic heterocycles. The zero-order valence-corrected chi connectivity index (χ0v) is 17.2. The van der Waals surface area contributed by atoms with Crippen molar-refractivity contribution in [3.8, 4) is 11.3 Å². The smallest absolute Gasteiger partial charge is 0.257 e. The van der Waals surface area contributed by atoms with Gasteiger partial charge in [0.05, 0.1) is 23.0 Å². The third-order valence-corrected chi connectivity index (χ3v) is 6.31. The maximum Gasteiger partial charge on any atom is 0.257 e. The molecule has 7 heteroatoms. The first-order valence-corrected chi connectivity index (χ1v) is 10.4. The molecular weight excluding hydrogens is 394 g/mol. The Morgan fingerprint density at radius 1 is 1.06 bits per heavy atom. The van der Waals surface area contributed by atoms with E-state index in [9.17, 15) is 14.4 Å². The normalized spacial score (nSPS) is 20.9. The maximum absolute atomic E-state index is 13.4. The summed E-state index contributed by atoms with van der Waals surface area (Å²) < 4.78 is 6.19. The lowest BCUT2D eigenvalue weighted by Gasteiger charge is -2.37. The summed E-state index contributed by atoms with van der Waals surface area (Å²) in [6, 6.07) is 13.9. The number of nitrogens with two attached hydrogens (primary N) is 1. The predicted molar refractivity (Wildman–Crippen MR) is 117 cm³/mol. The third kappa shape index (κ3) is 3.13. The van der Waals surface area contributed by atoms with Gasteiger partial charge in [-0.2, -0.15) is 0 Å². The lowest BCUT2D eigenvalue weighted by molar-refractivity contribution is -0.131. The fraction of sp³-hybridized carbons (Fsp3) is 0.292. The van der Waals surface area contributed by atoms with Crippen molar-refractivity contribution in [2.75, 3.05) is 19.6 Å². The first-order valence-electron chi connectivity index (χ1n) is 10.4. The number of carbonyl (C=O) groups excluding carboxylic acids is 2. The molecule has 0 aliphatic carbocycles. The Morgan fingerprint density at radius 2 is 1.84 bits per heavy atom. The van der Waals surface area contributed by atoms with E-state index in [1.54, 1.807) is 34.9 Å².